The molecule has 0 amide bonds. The highest BCUT2D eigenvalue weighted by Gasteiger charge is 2.35. The lowest BCUT2D eigenvalue weighted by atomic mass is 9.90. The second kappa shape index (κ2) is 3.86. The summed E-state index contributed by atoms with van der Waals surface area (Å²) in [5, 5.41) is 0.0596. The average Bonchev–Trinajstić information content (AvgIpc) is 2.12. The molecule has 0 radical (unpaired) electrons. The molecule has 0 spiro atoms. The second-order valence-corrected chi connectivity index (χ2v) is 5.83. The van der Waals surface area contributed by atoms with E-state index in [-0.39, 0.29) is 5.02 Å². The van der Waals surface area contributed by atoms with Crippen molar-refractivity contribution in [1.29, 1.82) is 0 Å². The van der Waals surface area contributed by atoms with Crippen molar-refractivity contribution in [3.8, 4) is 5.75 Å². The molecule has 2 nitrogen and oxygen atoms in total. The summed E-state index contributed by atoms with van der Waals surface area (Å²) in [6.45, 7) is 3.85. The van der Waals surface area contributed by atoms with Gasteiger partial charge in [0.2, 0.25) is 0 Å². The first-order valence-corrected chi connectivity index (χ1v) is 6.11. The molecular weight excluding hydrogens is 296 g/mol. The van der Waals surface area contributed by atoms with Crippen molar-refractivity contribution in [2.75, 3.05) is 0 Å². The van der Waals surface area contributed by atoms with Gasteiger partial charge in [-0.3, -0.25) is 0 Å². The molecule has 1 atom stereocenters. The number of hydrogen-bond donors (Lipinski definition) is 1. The zero-order chi connectivity index (χ0) is 12.1. The second-order valence-electron chi connectivity index (χ2n) is 4.57. The van der Waals surface area contributed by atoms with Gasteiger partial charge in [0, 0.05) is 18.0 Å². The van der Waals surface area contributed by atoms with Gasteiger partial charge in [-0.1, -0.05) is 11.6 Å². The van der Waals surface area contributed by atoms with Crippen molar-refractivity contribution >= 4 is 27.5 Å². The van der Waals surface area contributed by atoms with E-state index in [1.54, 1.807) is 0 Å². The van der Waals surface area contributed by atoms with Crippen molar-refractivity contribution < 1.29 is 9.13 Å². The van der Waals surface area contributed by atoms with Crippen LogP contribution in [0.1, 0.15) is 31.9 Å². The Labute approximate surface area is 107 Å². The Balaban J connectivity index is 2.64. The summed E-state index contributed by atoms with van der Waals surface area (Å²) in [6, 6.07) is 1.10. The largest absolute Gasteiger partial charge is 0.486 e. The topological polar surface area (TPSA) is 35.2 Å². The minimum atomic E-state index is -0.483. The molecule has 88 valence electrons. The maximum absolute atomic E-state index is 13.9. The van der Waals surface area contributed by atoms with E-state index < -0.39 is 17.5 Å². The molecule has 1 aromatic rings. The molecule has 1 aromatic carbocycles. The molecule has 0 aromatic heterocycles. The summed E-state index contributed by atoms with van der Waals surface area (Å²) < 4.78 is 20.2. The normalized spacial score (nSPS) is 22.5. The summed E-state index contributed by atoms with van der Waals surface area (Å²) in [6.07, 6.45) is 0.559. The van der Waals surface area contributed by atoms with Gasteiger partial charge in [-0.05, 0) is 35.8 Å². The van der Waals surface area contributed by atoms with E-state index in [1.165, 1.54) is 6.07 Å². The molecule has 1 aliphatic heterocycles. The Morgan fingerprint density at radius 1 is 1.62 bits per heavy atom. The van der Waals surface area contributed by atoms with Gasteiger partial charge in [0.05, 0.1) is 9.50 Å². The lowest BCUT2D eigenvalue weighted by Crippen LogP contribution is -2.38. The van der Waals surface area contributed by atoms with E-state index in [1.807, 2.05) is 13.8 Å². The number of benzene rings is 1. The van der Waals surface area contributed by atoms with E-state index >= 15 is 0 Å². The van der Waals surface area contributed by atoms with Gasteiger partial charge in [0.1, 0.15) is 17.2 Å². The standard InChI is InChI=1S/C11H12BrClFNO/c1-11(2)4-7(15)8-9(14)6(13)3-5(12)10(8)16-11/h3,7H,4,15H2,1-2H3. The Morgan fingerprint density at radius 2 is 2.25 bits per heavy atom. The highest BCUT2D eigenvalue weighted by Crippen LogP contribution is 2.45. The van der Waals surface area contributed by atoms with Crippen LogP contribution in [0, 0.1) is 5.82 Å². The molecule has 5 heteroatoms. The molecule has 0 saturated heterocycles. The molecule has 1 unspecified atom stereocenters. The van der Waals surface area contributed by atoms with Gasteiger partial charge in [-0.2, -0.15) is 0 Å². The highest BCUT2D eigenvalue weighted by molar-refractivity contribution is 9.10. The van der Waals surface area contributed by atoms with E-state index in [9.17, 15) is 4.39 Å². The van der Waals surface area contributed by atoms with Crippen molar-refractivity contribution in [3.63, 3.8) is 0 Å². The highest BCUT2D eigenvalue weighted by atomic mass is 79.9. The molecular formula is C11H12BrClFNO. The molecule has 2 N–H and O–H groups in total. The van der Waals surface area contributed by atoms with Crippen LogP contribution in [0.2, 0.25) is 5.02 Å². The van der Waals surface area contributed by atoms with Crippen LogP contribution in [0.3, 0.4) is 0 Å². The molecule has 0 aliphatic carbocycles. The molecule has 0 fully saturated rings. The third-order valence-electron chi connectivity index (χ3n) is 2.62. The molecule has 0 saturated carbocycles. The van der Waals surface area contributed by atoms with Crippen LogP contribution in [-0.4, -0.2) is 5.60 Å². The zero-order valence-corrected chi connectivity index (χ0v) is 11.3. The number of nitrogens with two attached hydrogens (primary N) is 1. The molecule has 2 rings (SSSR count). The summed E-state index contributed by atoms with van der Waals surface area (Å²) >= 11 is 9.09. The van der Waals surface area contributed by atoms with Gasteiger partial charge in [0.25, 0.3) is 0 Å². The van der Waals surface area contributed by atoms with Crippen LogP contribution in [0.4, 0.5) is 4.39 Å². The Bertz CT molecular complexity index is 450. The van der Waals surface area contributed by atoms with Crippen LogP contribution in [0.15, 0.2) is 10.5 Å². The Morgan fingerprint density at radius 3 is 2.88 bits per heavy atom. The van der Waals surface area contributed by atoms with E-state index in [4.69, 9.17) is 22.1 Å². The first-order valence-electron chi connectivity index (χ1n) is 4.94. The monoisotopic (exact) mass is 307 g/mol. The molecule has 0 bridgehead atoms. The van der Waals surface area contributed by atoms with Crippen LogP contribution in [-0.2, 0) is 0 Å². The lowest BCUT2D eigenvalue weighted by Gasteiger charge is -2.36. The predicted octanol–water partition coefficient (Wildman–Crippen LogP) is 3.80. The summed E-state index contributed by atoms with van der Waals surface area (Å²) in [5.74, 6) is -0.0199. The third kappa shape index (κ3) is 1.94. The molecule has 1 aliphatic rings. The smallest absolute Gasteiger partial charge is 0.150 e. The zero-order valence-electron chi connectivity index (χ0n) is 8.98. The first-order chi connectivity index (χ1) is 7.32. The number of rotatable bonds is 0. The van der Waals surface area contributed by atoms with Crippen LogP contribution in [0.25, 0.3) is 0 Å². The van der Waals surface area contributed by atoms with E-state index in [2.05, 4.69) is 15.9 Å². The minimum absolute atomic E-state index is 0.0596. The van der Waals surface area contributed by atoms with Gasteiger partial charge in [-0.25, -0.2) is 4.39 Å². The molecule has 16 heavy (non-hydrogen) atoms. The third-order valence-corrected chi connectivity index (χ3v) is 3.49. The Kier molecular flexibility index (Phi) is 2.93. The Hall–Kier alpha value is -0.320. The first kappa shape index (κ1) is 12.1. The fraction of sp³-hybridized carbons (Fsp3) is 0.455. The predicted molar refractivity (Wildman–Crippen MR) is 65.4 cm³/mol. The number of halogens is 3. The molecule has 1 heterocycles. The number of hydrogen-bond acceptors (Lipinski definition) is 2. The van der Waals surface area contributed by atoms with Crippen molar-refractivity contribution in [2.24, 2.45) is 5.73 Å². The number of fused-ring (bicyclic) bond motifs is 1. The van der Waals surface area contributed by atoms with Gasteiger partial charge in [0.15, 0.2) is 0 Å². The van der Waals surface area contributed by atoms with Crippen molar-refractivity contribution in [2.45, 2.75) is 31.9 Å². The van der Waals surface area contributed by atoms with Crippen LogP contribution >= 0.6 is 27.5 Å². The summed E-state index contributed by atoms with van der Waals surface area (Å²) in [5.41, 5.74) is 5.93. The van der Waals surface area contributed by atoms with Gasteiger partial charge in [-0.15, -0.1) is 0 Å². The maximum Gasteiger partial charge on any atom is 0.150 e. The van der Waals surface area contributed by atoms with E-state index in [0.717, 1.165) is 0 Å². The van der Waals surface area contributed by atoms with Crippen LogP contribution < -0.4 is 10.5 Å². The number of ether oxygens (including phenoxy) is 1. The quantitative estimate of drug-likeness (QED) is 0.740. The van der Waals surface area contributed by atoms with Gasteiger partial charge >= 0.3 is 0 Å². The minimum Gasteiger partial charge on any atom is -0.486 e. The maximum atomic E-state index is 13.9. The van der Waals surface area contributed by atoms with Crippen LogP contribution in [0.5, 0.6) is 5.75 Å². The SMILES string of the molecule is CC1(C)CC(N)c2c(F)c(Cl)cc(Br)c2O1. The van der Waals surface area contributed by atoms with E-state index in [0.29, 0.717) is 22.2 Å². The lowest BCUT2D eigenvalue weighted by molar-refractivity contribution is 0.0702. The fourth-order valence-electron chi connectivity index (χ4n) is 1.98. The fourth-order valence-corrected chi connectivity index (χ4v) is 2.85. The van der Waals surface area contributed by atoms with Crippen molar-refractivity contribution in [3.05, 3.63) is 26.9 Å². The summed E-state index contributed by atoms with van der Waals surface area (Å²) in [4.78, 5) is 0. The summed E-state index contributed by atoms with van der Waals surface area (Å²) in [7, 11) is 0. The average molecular weight is 309 g/mol. The van der Waals surface area contributed by atoms with Crippen molar-refractivity contribution in [1.82, 2.24) is 0 Å². The van der Waals surface area contributed by atoms with Gasteiger partial charge < -0.3 is 10.5 Å².